The number of aryl methyl sites for hydroxylation is 2. The second-order valence-corrected chi connectivity index (χ2v) is 5.33. The van der Waals surface area contributed by atoms with Crippen LogP contribution in [0.1, 0.15) is 27.3 Å². The molecule has 0 fully saturated rings. The number of fused-ring (bicyclic) bond motifs is 1. The molecule has 0 N–H and O–H groups in total. The fourth-order valence-electron chi connectivity index (χ4n) is 2.81. The summed E-state index contributed by atoms with van der Waals surface area (Å²) < 4.78 is 41.7. The Labute approximate surface area is 125 Å². The highest BCUT2D eigenvalue weighted by Crippen LogP contribution is 2.24. The topological polar surface area (TPSA) is 38.1 Å². The predicted octanol–water partition coefficient (Wildman–Crippen LogP) is 2.34. The first-order valence-corrected chi connectivity index (χ1v) is 6.84. The number of aromatic nitrogens is 2. The third-order valence-electron chi connectivity index (χ3n) is 4.00. The molecule has 0 saturated heterocycles. The molecule has 0 atom stereocenters. The van der Waals surface area contributed by atoms with E-state index in [9.17, 15) is 18.0 Å². The molecule has 1 aromatic carbocycles. The largest absolute Gasteiger partial charge is 0.332 e. The van der Waals surface area contributed by atoms with E-state index in [4.69, 9.17) is 0 Å². The van der Waals surface area contributed by atoms with Gasteiger partial charge in [-0.1, -0.05) is 0 Å². The molecule has 0 aliphatic carbocycles. The number of benzene rings is 1. The Morgan fingerprint density at radius 3 is 2.68 bits per heavy atom. The number of hydrogen-bond donors (Lipinski definition) is 0. The van der Waals surface area contributed by atoms with Gasteiger partial charge in [-0.15, -0.1) is 0 Å². The van der Waals surface area contributed by atoms with E-state index in [-0.39, 0.29) is 6.54 Å². The maximum atomic E-state index is 13.8. The first-order valence-electron chi connectivity index (χ1n) is 6.84. The van der Waals surface area contributed by atoms with Gasteiger partial charge in [0.05, 0.1) is 23.5 Å². The maximum Gasteiger partial charge on any atom is 0.257 e. The van der Waals surface area contributed by atoms with Crippen molar-refractivity contribution in [2.45, 2.75) is 19.9 Å². The van der Waals surface area contributed by atoms with E-state index in [0.717, 1.165) is 29.1 Å². The highest BCUT2D eigenvalue weighted by atomic mass is 19.2. The van der Waals surface area contributed by atoms with Crippen molar-refractivity contribution < 1.29 is 18.0 Å². The Kier molecular flexibility index (Phi) is 3.42. The molecule has 0 radical (unpaired) electrons. The molecule has 0 unspecified atom stereocenters. The van der Waals surface area contributed by atoms with E-state index in [0.29, 0.717) is 13.0 Å². The summed E-state index contributed by atoms with van der Waals surface area (Å²) in [5.41, 5.74) is 2.40. The molecule has 7 heteroatoms. The monoisotopic (exact) mass is 309 g/mol. The van der Waals surface area contributed by atoms with Crippen molar-refractivity contribution in [1.82, 2.24) is 14.7 Å². The van der Waals surface area contributed by atoms with Crippen LogP contribution in [-0.2, 0) is 20.0 Å². The SMILES string of the molecule is Cc1nn(C)c2c1CCN(C(=O)c1ccc(F)c(F)c1F)C2. The van der Waals surface area contributed by atoms with Crippen LogP contribution in [0.3, 0.4) is 0 Å². The molecule has 1 aliphatic heterocycles. The van der Waals surface area contributed by atoms with Gasteiger partial charge in [0, 0.05) is 13.6 Å². The van der Waals surface area contributed by atoms with Crippen molar-refractivity contribution in [2.24, 2.45) is 7.05 Å². The van der Waals surface area contributed by atoms with Gasteiger partial charge in [-0.05, 0) is 31.0 Å². The van der Waals surface area contributed by atoms with Crippen LogP contribution < -0.4 is 0 Å². The second-order valence-electron chi connectivity index (χ2n) is 5.33. The Balaban J connectivity index is 1.92. The maximum absolute atomic E-state index is 13.8. The van der Waals surface area contributed by atoms with Crippen molar-refractivity contribution in [3.8, 4) is 0 Å². The van der Waals surface area contributed by atoms with Crippen molar-refractivity contribution in [1.29, 1.82) is 0 Å². The van der Waals surface area contributed by atoms with Crippen LogP contribution in [0.15, 0.2) is 12.1 Å². The first kappa shape index (κ1) is 14.6. The summed E-state index contributed by atoms with van der Waals surface area (Å²) in [6.45, 7) is 2.55. The zero-order chi connectivity index (χ0) is 16.0. The van der Waals surface area contributed by atoms with Crippen LogP contribution in [0, 0.1) is 24.4 Å². The molecule has 0 saturated carbocycles. The lowest BCUT2D eigenvalue weighted by molar-refractivity contribution is 0.0724. The molecule has 4 nitrogen and oxygen atoms in total. The number of halogens is 3. The summed E-state index contributed by atoms with van der Waals surface area (Å²) in [4.78, 5) is 13.8. The van der Waals surface area contributed by atoms with Gasteiger partial charge in [-0.2, -0.15) is 5.10 Å². The molecular weight excluding hydrogens is 295 g/mol. The van der Waals surface area contributed by atoms with E-state index < -0.39 is 28.9 Å². The van der Waals surface area contributed by atoms with Crippen molar-refractivity contribution in [2.75, 3.05) is 6.54 Å². The summed E-state index contributed by atoms with van der Waals surface area (Å²) in [5.74, 6) is -5.03. The minimum Gasteiger partial charge on any atom is -0.332 e. The van der Waals surface area contributed by atoms with E-state index in [1.54, 1.807) is 11.7 Å². The molecule has 22 heavy (non-hydrogen) atoms. The third-order valence-corrected chi connectivity index (χ3v) is 4.00. The highest BCUT2D eigenvalue weighted by Gasteiger charge is 2.28. The fourth-order valence-corrected chi connectivity index (χ4v) is 2.81. The highest BCUT2D eigenvalue weighted by molar-refractivity contribution is 5.94. The lowest BCUT2D eigenvalue weighted by Crippen LogP contribution is -2.37. The third kappa shape index (κ3) is 2.17. The van der Waals surface area contributed by atoms with E-state index in [1.165, 1.54) is 4.90 Å². The number of carbonyl (C=O) groups is 1. The van der Waals surface area contributed by atoms with Gasteiger partial charge in [0.2, 0.25) is 0 Å². The molecular formula is C15H14F3N3O. The van der Waals surface area contributed by atoms with Crippen LogP contribution in [0.2, 0.25) is 0 Å². The molecule has 1 aliphatic rings. The first-order chi connectivity index (χ1) is 10.4. The van der Waals surface area contributed by atoms with E-state index in [1.807, 2.05) is 6.92 Å². The summed E-state index contributed by atoms with van der Waals surface area (Å²) >= 11 is 0. The van der Waals surface area contributed by atoms with Crippen LogP contribution in [0.5, 0.6) is 0 Å². The Morgan fingerprint density at radius 1 is 1.23 bits per heavy atom. The van der Waals surface area contributed by atoms with Crippen molar-refractivity contribution in [3.63, 3.8) is 0 Å². The molecule has 0 bridgehead atoms. The quantitative estimate of drug-likeness (QED) is 0.758. The number of hydrogen-bond acceptors (Lipinski definition) is 2. The number of carbonyl (C=O) groups excluding carboxylic acids is 1. The van der Waals surface area contributed by atoms with Crippen molar-refractivity contribution in [3.05, 3.63) is 52.1 Å². The van der Waals surface area contributed by atoms with Gasteiger partial charge >= 0.3 is 0 Å². The Hall–Kier alpha value is -2.31. The van der Waals surface area contributed by atoms with E-state index in [2.05, 4.69) is 5.10 Å². The van der Waals surface area contributed by atoms with Crippen LogP contribution in [0.25, 0.3) is 0 Å². The summed E-state index contributed by atoms with van der Waals surface area (Å²) in [6, 6.07) is 1.73. The van der Waals surface area contributed by atoms with Gasteiger partial charge in [0.25, 0.3) is 5.91 Å². The lowest BCUT2D eigenvalue weighted by Gasteiger charge is -2.27. The Morgan fingerprint density at radius 2 is 1.95 bits per heavy atom. The predicted molar refractivity (Wildman–Crippen MR) is 72.7 cm³/mol. The molecule has 1 amide bonds. The van der Waals surface area contributed by atoms with E-state index >= 15 is 0 Å². The molecule has 0 spiro atoms. The molecule has 2 heterocycles. The number of amides is 1. The molecule has 116 valence electrons. The smallest absolute Gasteiger partial charge is 0.257 e. The Bertz CT molecular complexity index is 770. The molecule has 1 aromatic heterocycles. The standard InChI is InChI=1S/C15H14F3N3O/c1-8-9-5-6-21(7-12(9)20(2)19-8)15(22)10-3-4-11(16)14(18)13(10)17/h3-4H,5-7H2,1-2H3. The average Bonchev–Trinajstić information content (AvgIpc) is 2.79. The van der Waals surface area contributed by atoms with Crippen LogP contribution in [0.4, 0.5) is 13.2 Å². The number of nitrogens with zero attached hydrogens (tertiary/aromatic N) is 3. The van der Waals surface area contributed by atoms with Gasteiger partial charge < -0.3 is 4.90 Å². The fraction of sp³-hybridized carbons (Fsp3) is 0.333. The normalized spacial score (nSPS) is 14.1. The minimum absolute atomic E-state index is 0.268. The average molecular weight is 309 g/mol. The second kappa shape index (κ2) is 5.15. The molecule has 2 aromatic rings. The van der Waals surface area contributed by atoms with Crippen LogP contribution >= 0.6 is 0 Å². The summed E-state index contributed by atoms with van der Waals surface area (Å²) in [7, 11) is 1.78. The number of rotatable bonds is 1. The van der Waals surface area contributed by atoms with Gasteiger partial charge in [-0.3, -0.25) is 9.48 Å². The van der Waals surface area contributed by atoms with Gasteiger partial charge in [0.1, 0.15) is 0 Å². The van der Waals surface area contributed by atoms with Gasteiger partial charge in [-0.25, -0.2) is 13.2 Å². The summed E-state index contributed by atoms with van der Waals surface area (Å²) in [5, 5.41) is 4.30. The lowest BCUT2D eigenvalue weighted by atomic mass is 10.0. The molecule has 3 rings (SSSR count). The van der Waals surface area contributed by atoms with Crippen molar-refractivity contribution >= 4 is 5.91 Å². The zero-order valence-electron chi connectivity index (χ0n) is 12.2. The minimum atomic E-state index is -1.63. The van der Waals surface area contributed by atoms with Crippen LogP contribution in [-0.4, -0.2) is 27.1 Å². The summed E-state index contributed by atoms with van der Waals surface area (Å²) in [6.07, 6.45) is 0.603. The van der Waals surface area contributed by atoms with Gasteiger partial charge in [0.15, 0.2) is 17.5 Å². The zero-order valence-corrected chi connectivity index (χ0v) is 12.2.